The molecule has 0 aliphatic heterocycles. The Morgan fingerprint density at radius 2 is 2.12 bits per heavy atom. The predicted molar refractivity (Wildman–Crippen MR) is 65.9 cm³/mol. The number of aryl methyl sites for hydroxylation is 1. The summed E-state index contributed by atoms with van der Waals surface area (Å²) in [6.45, 7) is 3.76. The van der Waals surface area contributed by atoms with E-state index >= 15 is 0 Å². The molecular weight excluding hydrogens is 218 g/mol. The second-order valence-electron chi connectivity index (χ2n) is 4.42. The maximum atomic E-state index is 11.8. The van der Waals surface area contributed by atoms with Gasteiger partial charge in [0.05, 0.1) is 12.5 Å². The van der Waals surface area contributed by atoms with Gasteiger partial charge in [-0.25, -0.2) is 0 Å². The number of phenols is 1. The van der Waals surface area contributed by atoms with Crippen molar-refractivity contribution in [1.29, 1.82) is 0 Å². The molecule has 0 bridgehead atoms. The number of amides is 1. The van der Waals surface area contributed by atoms with Crippen molar-refractivity contribution in [3.05, 3.63) is 29.3 Å². The van der Waals surface area contributed by atoms with Gasteiger partial charge < -0.3 is 15.1 Å². The average molecular weight is 237 g/mol. The molecule has 0 aliphatic carbocycles. The molecule has 0 radical (unpaired) electrons. The Hall–Kier alpha value is -1.55. The van der Waals surface area contributed by atoms with E-state index in [0.29, 0.717) is 6.54 Å². The van der Waals surface area contributed by atoms with E-state index < -0.39 is 6.10 Å². The maximum absolute atomic E-state index is 11.8. The summed E-state index contributed by atoms with van der Waals surface area (Å²) in [5, 5.41) is 18.7. The van der Waals surface area contributed by atoms with Crippen molar-refractivity contribution in [3.8, 4) is 5.75 Å². The van der Waals surface area contributed by atoms with E-state index in [-0.39, 0.29) is 18.1 Å². The largest absolute Gasteiger partial charge is 0.508 e. The van der Waals surface area contributed by atoms with Crippen LogP contribution in [0.5, 0.6) is 5.75 Å². The zero-order valence-electron chi connectivity index (χ0n) is 10.5. The first-order chi connectivity index (χ1) is 7.90. The lowest BCUT2D eigenvalue weighted by atomic mass is 10.1. The molecule has 4 nitrogen and oxygen atoms in total. The number of phenolic OH excluding ortho intramolecular Hbond substituents is 1. The first-order valence-corrected chi connectivity index (χ1v) is 5.60. The minimum absolute atomic E-state index is 0.0749. The third kappa shape index (κ3) is 4.07. The molecule has 0 fully saturated rings. The summed E-state index contributed by atoms with van der Waals surface area (Å²) in [6.07, 6.45) is -0.299. The Morgan fingerprint density at radius 3 is 2.65 bits per heavy atom. The van der Waals surface area contributed by atoms with E-state index in [4.69, 9.17) is 0 Å². The molecule has 94 valence electrons. The summed E-state index contributed by atoms with van der Waals surface area (Å²) in [5.74, 6) is 0.127. The zero-order valence-corrected chi connectivity index (χ0v) is 10.5. The van der Waals surface area contributed by atoms with Crippen LogP contribution in [0.4, 0.5) is 0 Å². The Bertz CT molecular complexity index is 402. The van der Waals surface area contributed by atoms with Gasteiger partial charge in [-0.15, -0.1) is 0 Å². The number of aliphatic hydroxyl groups is 1. The molecule has 17 heavy (non-hydrogen) atoms. The van der Waals surface area contributed by atoms with Gasteiger partial charge in [0.2, 0.25) is 5.91 Å². The lowest BCUT2D eigenvalue weighted by molar-refractivity contribution is -0.130. The predicted octanol–water partition coefficient (Wildman–Crippen LogP) is 1.08. The minimum atomic E-state index is -0.532. The van der Waals surface area contributed by atoms with Gasteiger partial charge in [0.1, 0.15) is 5.75 Å². The molecule has 1 rings (SSSR count). The molecule has 1 amide bonds. The fourth-order valence-electron chi connectivity index (χ4n) is 1.57. The summed E-state index contributed by atoms with van der Waals surface area (Å²) in [5.41, 5.74) is 1.56. The quantitative estimate of drug-likeness (QED) is 0.824. The highest BCUT2D eigenvalue weighted by Crippen LogP contribution is 2.18. The van der Waals surface area contributed by atoms with E-state index in [2.05, 4.69) is 0 Å². The number of carbonyl (C=O) groups is 1. The van der Waals surface area contributed by atoms with Gasteiger partial charge in [0.25, 0.3) is 0 Å². The van der Waals surface area contributed by atoms with Crippen LogP contribution >= 0.6 is 0 Å². The number of likely N-dealkylation sites (N-methyl/N-ethyl adjacent to an activating group) is 1. The van der Waals surface area contributed by atoms with Crippen molar-refractivity contribution in [2.24, 2.45) is 0 Å². The summed E-state index contributed by atoms with van der Waals surface area (Å²) >= 11 is 0. The highest BCUT2D eigenvalue weighted by atomic mass is 16.3. The van der Waals surface area contributed by atoms with Crippen LogP contribution in [0.2, 0.25) is 0 Å². The van der Waals surface area contributed by atoms with Crippen LogP contribution in [0.1, 0.15) is 18.1 Å². The molecular formula is C13H19NO3. The van der Waals surface area contributed by atoms with Crippen LogP contribution in [0.3, 0.4) is 0 Å². The van der Waals surface area contributed by atoms with Gasteiger partial charge in [0.15, 0.2) is 0 Å². The summed E-state index contributed by atoms with van der Waals surface area (Å²) < 4.78 is 0. The van der Waals surface area contributed by atoms with E-state index in [1.807, 2.05) is 6.07 Å². The van der Waals surface area contributed by atoms with Crippen LogP contribution in [-0.2, 0) is 11.2 Å². The van der Waals surface area contributed by atoms with E-state index in [0.717, 1.165) is 11.1 Å². The third-order valence-electron chi connectivity index (χ3n) is 2.59. The van der Waals surface area contributed by atoms with Crippen LogP contribution in [0.25, 0.3) is 0 Å². The van der Waals surface area contributed by atoms with Crippen molar-refractivity contribution < 1.29 is 15.0 Å². The zero-order chi connectivity index (χ0) is 13.0. The van der Waals surface area contributed by atoms with E-state index in [9.17, 15) is 15.0 Å². The molecule has 1 aromatic rings. The average Bonchev–Trinajstić information content (AvgIpc) is 2.22. The molecule has 0 saturated carbocycles. The van der Waals surface area contributed by atoms with Gasteiger partial charge in [-0.1, -0.05) is 12.1 Å². The van der Waals surface area contributed by atoms with E-state index in [1.54, 1.807) is 33.0 Å². The summed E-state index contributed by atoms with van der Waals surface area (Å²) in [6, 6.07) is 5.21. The van der Waals surface area contributed by atoms with Crippen molar-refractivity contribution >= 4 is 5.91 Å². The van der Waals surface area contributed by atoms with Gasteiger partial charge in [-0.3, -0.25) is 4.79 Å². The number of hydrogen-bond donors (Lipinski definition) is 2. The first-order valence-electron chi connectivity index (χ1n) is 5.60. The van der Waals surface area contributed by atoms with Crippen LogP contribution in [0.15, 0.2) is 18.2 Å². The topological polar surface area (TPSA) is 60.8 Å². The molecule has 2 N–H and O–H groups in total. The van der Waals surface area contributed by atoms with Crippen LogP contribution in [-0.4, -0.2) is 40.7 Å². The van der Waals surface area contributed by atoms with Gasteiger partial charge in [0, 0.05) is 13.6 Å². The number of rotatable bonds is 4. The monoisotopic (exact) mass is 237 g/mol. The Balaban J connectivity index is 2.64. The second-order valence-corrected chi connectivity index (χ2v) is 4.42. The smallest absolute Gasteiger partial charge is 0.226 e. The summed E-state index contributed by atoms with van der Waals surface area (Å²) in [4.78, 5) is 13.3. The first kappa shape index (κ1) is 13.5. The molecule has 0 aromatic heterocycles. The second kappa shape index (κ2) is 5.68. The number of carbonyl (C=O) groups excluding carboxylic acids is 1. The molecule has 1 atom stereocenters. The lowest BCUT2D eigenvalue weighted by Gasteiger charge is -2.18. The van der Waals surface area contributed by atoms with Crippen molar-refractivity contribution in [2.75, 3.05) is 13.6 Å². The number of nitrogens with zero attached hydrogens (tertiary/aromatic N) is 1. The highest BCUT2D eigenvalue weighted by Gasteiger charge is 2.12. The molecule has 0 unspecified atom stereocenters. The maximum Gasteiger partial charge on any atom is 0.226 e. The number of aliphatic hydroxyl groups excluding tert-OH is 1. The van der Waals surface area contributed by atoms with Crippen molar-refractivity contribution in [1.82, 2.24) is 4.90 Å². The molecule has 1 aromatic carbocycles. The van der Waals surface area contributed by atoms with Crippen molar-refractivity contribution in [2.45, 2.75) is 26.4 Å². The fourth-order valence-corrected chi connectivity index (χ4v) is 1.57. The number of aromatic hydroxyl groups is 1. The van der Waals surface area contributed by atoms with Gasteiger partial charge in [-0.2, -0.15) is 0 Å². The van der Waals surface area contributed by atoms with Crippen LogP contribution < -0.4 is 0 Å². The molecule has 0 aliphatic rings. The Labute approximate surface area is 101 Å². The molecule has 0 saturated heterocycles. The van der Waals surface area contributed by atoms with Crippen LogP contribution in [0, 0.1) is 6.92 Å². The molecule has 4 heteroatoms. The van der Waals surface area contributed by atoms with Crippen molar-refractivity contribution in [3.63, 3.8) is 0 Å². The molecule has 0 spiro atoms. The third-order valence-corrected chi connectivity index (χ3v) is 2.59. The number of hydrogen-bond acceptors (Lipinski definition) is 3. The minimum Gasteiger partial charge on any atom is -0.508 e. The summed E-state index contributed by atoms with van der Waals surface area (Å²) in [7, 11) is 1.66. The van der Waals surface area contributed by atoms with Gasteiger partial charge in [-0.05, 0) is 31.0 Å². The van der Waals surface area contributed by atoms with E-state index in [1.165, 1.54) is 4.90 Å². The highest BCUT2D eigenvalue weighted by molar-refractivity contribution is 5.78. The van der Waals surface area contributed by atoms with Gasteiger partial charge >= 0.3 is 0 Å². The Morgan fingerprint density at radius 1 is 1.47 bits per heavy atom. The normalized spacial score (nSPS) is 12.2. The number of benzene rings is 1. The fraction of sp³-hybridized carbons (Fsp3) is 0.462. The lowest BCUT2D eigenvalue weighted by Crippen LogP contribution is -2.34. The molecule has 0 heterocycles. The standard InChI is InChI=1S/C13H19NO3/c1-9-4-5-11(6-12(9)16)7-13(17)14(3)8-10(2)15/h4-6,10,15-16H,7-8H2,1-3H3/t10-/m1/s1. The SMILES string of the molecule is Cc1ccc(CC(=O)N(C)C[C@@H](C)O)cc1O. The Kier molecular flexibility index (Phi) is 4.52.